The first-order valence-corrected chi connectivity index (χ1v) is 6.20. The summed E-state index contributed by atoms with van der Waals surface area (Å²) >= 11 is 0. The SMILES string of the molecule is C#CCNC(=O)[C@@H](C)Nc1cccc(CC(=O)OC)c1. The number of hydrogen-bond acceptors (Lipinski definition) is 4. The van der Waals surface area contributed by atoms with Crippen molar-refractivity contribution in [2.24, 2.45) is 0 Å². The number of anilines is 1. The van der Waals surface area contributed by atoms with E-state index in [9.17, 15) is 9.59 Å². The van der Waals surface area contributed by atoms with Crippen LogP contribution in [0.5, 0.6) is 0 Å². The van der Waals surface area contributed by atoms with Gasteiger partial charge in [-0.2, -0.15) is 0 Å². The second kappa shape index (κ2) is 7.85. The molecule has 0 aliphatic rings. The number of carbonyl (C=O) groups excluding carboxylic acids is 2. The number of ether oxygens (including phenoxy) is 1. The quantitative estimate of drug-likeness (QED) is 0.599. The average Bonchev–Trinajstić information content (AvgIpc) is 2.44. The van der Waals surface area contributed by atoms with E-state index in [0.717, 1.165) is 11.3 Å². The number of nitrogens with one attached hydrogen (secondary N) is 2. The molecule has 5 nitrogen and oxygen atoms in total. The van der Waals surface area contributed by atoms with Gasteiger partial charge in [0.2, 0.25) is 5.91 Å². The molecule has 0 aliphatic carbocycles. The fourth-order valence-electron chi connectivity index (χ4n) is 1.62. The van der Waals surface area contributed by atoms with Gasteiger partial charge >= 0.3 is 5.97 Å². The van der Waals surface area contributed by atoms with Crippen molar-refractivity contribution >= 4 is 17.6 Å². The minimum Gasteiger partial charge on any atom is -0.469 e. The Balaban J connectivity index is 2.64. The van der Waals surface area contributed by atoms with Crippen LogP contribution in [-0.2, 0) is 20.7 Å². The molecule has 0 fully saturated rings. The summed E-state index contributed by atoms with van der Waals surface area (Å²) in [5.74, 6) is 1.86. The number of esters is 1. The van der Waals surface area contributed by atoms with E-state index in [1.807, 2.05) is 24.3 Å². The molecule has 1 amide bonds. The summed E-state index contributed by atoms with van der Waals surface area (Å²) in [4.78, 5) is 22.9. The first kappa shape index (κ1) is 15.6. The van der Waals surface area contributed by atoms with Gasteiger partial charge in [-0.3, -0.25) is 9.59 Å². The number of hydrogen-bond donors (Lipinski definition) is 2. The summed E-state index contributed by atoms with van der Waals surface area (Å²) in [7, 11) is 1.35. The molecule has 0 aromatic heterocycles. The first-order valence-electron chi connectivity index (χ1n) is 6.20. The zero-order chi connectivity index (χ0) is 15.0. The number of terminal acetylenes is 1. The second-order valence-corrected chi connectivity index (χ2v) is 4.24. The fraction of sp³-hybridized carbons (Fsp3) is 0.333. The van der Waals surface area contributed by atoms with Crippen LogP contribution < -0.4 is 10.6 Å². The molecule has 106 valence electrons. The van der Waals surface area contributed by atoms with E-state index in [1.54, 1.807) is 6.92 Å². The highest BCUT2D eigenvalue weighted by Crippen LogP contribution is 2.12. The normalized spacial score (nSPS) is 11.1. The Morgan fingerprint density at radius 1 is 1.45 bits per heavy atom. The molecule has 0 saturated carbocycles. The molecule has 0 aliphatic heterocycles. The molecule has 1 atom stereocenters. The van der Waals surface area contributed by atoms with Crippen LogP contribution in [0.3, 0.4) is 0 Å². The van der Waals surface area contributed by atoms with Crippen molar-refractivity contribution in [1.29, 1.82) is 0 Å². The molecule has 1 rings (SSSR count). The van der Waals surface area contributed by atoms with Crippen LogP contribution in [-0.4, -0.2) is 31.6 Å². The third kappa shape index (κ3) is 5.02. The van der Waals surface area contributed by atoms with Crippen molar-refractivity contribution in [3.63, 3.8) is 0 Å². The maximum absolute atomic E-state index is 11.7. The number of methoxy groups -OCH3 is 1. The van der Waals surface area contributed by atoms with Gasteiger partial charge < -0.3 is 15.4 Å². The smallest absolute Gasteiger partial charge is 0.309 e. The van der Waals surface area contributed by atoms with E-state index in [2.05, 4.69) is 21.3 Å². The molecular formula is C15H18N2O3. The summed E-state index contributed by atoms with van der Waals surface area (Å²) in [5, 5.41) is 5.65. The number of amides is 1. The van der Waals surface area contributed by atoms with Crippen LogP contribution in [0.15, 0.2) is 24.3 Å². The monoisotopic (exact) mass is 274 g/mol. The van der Waals surface area contributed by atoms with Gasteiger partial charge in [-0.05, 0) is 24.6 Å². The Bertz CT molecular complexity index is 520. The highest BCUT2D eigenvalue weighted by molar-refractivity contribution is 5.84. The summed E-state index contributed by atoms with van der Waals surface area (Å²) in [6.45, 7) is 1.94. The van der Waals surface area contributed by atoms with Crippen LogP contribution in [0.2, 0.25) is 0 Å². The molecule has 2 N–H and O–H groups in total. The maximum atomic E-state index is 11.7. The van der Waals surface area contributed by atoms with Crippen molar-refractivity contribution in [3.05, 3.63) is 29.8 Å². The molecule has 0 heterocycles. The molecule has 0 radical (unpaired) electrons. The molecule has 0 saturated heterocycles. The van der Waals surface area contributed by atoms with Crippen LogP contribution in [0.1, 0.15) is 12.5 Å². The summed E-state index contributed by atoms with van der Waals surface area (Å²) < 4.78 is 4.62. The van der Waals surface area contributed by atoms with Gasteiger partial charge in [0, 0.05) is 5.69 Å². The molecule has 1 aromatic carbocycles. The van der Waals surface area contributed by atoms with Gasteiger partial charge in [-0.25, -0.2) is 0 Å². The number of carbonyl (C=O) groups is 2. The fourth-order valence-corrected chi connectivity index (χ4v) is 1.62. The lowest BCUT2D eigenvalue weighted by Gasteiger charge is -2.15. The molecule has 0 bridgehead atoms. The van der Waals surface area contributed by atoms with Gasteiger partial charge in [-0.1, -0.05) is 18.1 Å². The van der Waals surface area contributed by atoms with Crippen LogP contribution in [0.4, 0.5) is 5.69 Å². The average molecular weight is 274 g/mol. The lowest BCUT2D eigenvalue weighted by atomic mass is 10.1. The van der Waals surface area contributed by atoms with Crippen molar-refractivity contribution in [1.82, 2.24) is 5.32 Å². The van der Waals surface area contributed by atoms with Crippen molar-refractivity contribution in [3.8, 4) is 12.3 Å². The minimum absolute atomic E-state index is 0.179. The third-order valence-electron chi connectivity index (χ3n) is 2.64. The van der Waals surface area contributed by atoms with E-state index in [-0.39, 0.29) is 24.8 Å². The second-order valence-electron chi connectivity index (χ2n) is 4.24. The molecule has 20 heavy (non-hydrogen) atoms. The van der Waals surface area contributed by atoms with Gasteiger partial charge in [0.05, 0.1) is 20.1 Å². The molecule has 1 aromatic rings. The van der Waals surface area contributed by atoms with Gasteiger partial charge in [-0.15, -0.1) is 6.42 Å². The molecular weight excluding hydrogens is 256 g/mol. The lowest BCUT2D eigenvalue weighted by Crippen LogP contribution is -2.37. The lowest BCUT2D eigenvalue weighted by molar-refractivity contribution is -0.139. The molecule has 0 unspecified atom stereocenters. The van der Waals surface area contributed by atoms with Gasteiger partial charge in [0.1, 0.15) is 6.04 Å². The summed E-state index contributed by atoms with van der Waals surface area (Å²) in [6.07, 6.45) is 5.28. The Hall–Kier alpha value is -2.48. The molecule has 5 heteroatoms. The van der Waals surface area contributed by atoms with Crippen molar-refractivity contribution < 1.29 is 14.3 Å². The predicted octanol–water partition coefficient (Wildman–Crippen LogP) is 0.952. The van der Waals surface area contributed by atoms with E-state index >= 15 is 0 Å². The third-order valence-corrected chi connectivity index (χ3v) is 2.64. The maximum Gasteiger partial charge on any atom is 0.309 e. The zero-order valence-corrected chi connectivity index (χ0v) is 11.6. The van der Waals surface area contributed by atoms with E-state index in [0.29, 0.717) is 0 Å². The van der Waals surface area contributed by atoms with E-state index in [4.69, 9.17) is 6.42 Å². The zero-order valence-electron chi connectivity index (χ0n) is 11.6. The topological polar surface area (TPSA) is 67.4 Å². The van der Waals surface area contributed by atoms with Crippen LogP contribution in [0.25, 0.3) is 0 Å². The Morgan fingerprint density at radius 2 is 2.20 bits per heavy atom. The standard InChI is InChI=1S/C15H18N2O3/c1-4-8-16-15(19)11(2)17-13-7-5-6-12(9-13)10-14(18)20-3/h1,5-7,9,11,17H,8,10H2,2-3H3,(H,16,19)/t11-/m1/s1. The largest absolute Gasteiger partial charge is 0.469 e. The minimum atomic E-state index is -0.420. The summed E-state index contributed by atoms with van der Waals surface area (Å²) in [5.41, 5.74) is 1.58. The van der Waals surface area contributed by atoms with Crippen molar-refractivity contribution in [2.45, 2.75) is 19.4 Å². The summed E-state index contributed by atoms with van der Waals surface area (Å²) in [6, 6.07) is 6.85. The van der Waals surface area contributed by atoms with E-state index < -0.39 is 6.04 Å². The van der Waals surface area contributed by atoms with Crippen LogP contribution in [0, 0.1) is 12.3 Å². The Kier molecular flexibility index (Phi) is 6.11. The van der Waals surface area contributed by atoms with Crippen LogP contribution >= 0.6 is 0 Å². The number of rotatable bonds is 6. The van der Waals surface area contributed by atoms with Gasteiger partial charge in [0.15, 0.2) is 0 Å². The molecule has 0 spiro atoms. The van der Waals surface area contributed by atoms with Crippen molar-refractivity contribution in [2.75, 3.05) is 19.0 Å². The Morgan fingerprint density at radius 3 is 2.85 bits per heavy atom. The Labute approximate surface area is 118 Å². The van der Waals surface area contributed by atoms with E-state index in [1.165, 1.54) is 7.11 Å². The highest BCUT2D eigenvalue weighted by atomic mass is 16.5. The van der Waals surface area contributed by atoms with Gasteiger partial charge in [0.25, 0.3) is 0 Å². The first-order chi connectivity index (χ1) is 9.56. The predicted molar refractivity (Wildman–Crippen MR) is 77.1 cm³/mol. The number of benzene rings is 1. The highest BCUT2D eigenvalue weighted by Gasteiger charge is 2.12.